The zero-order chi connectivity index (χ0) is 51.0. The fraction of sp³-hybridized carbons (Fsp3) is 0.389. The van der Waals surface area contributed by atoms with Crippen LogP contribution in [-0.4, -0.2) is 90.1 Å². The van der Waals surface area contributed by atoms with Gasteiger partial charge in [-0.15, -0.1) is 32.9 Å². The summed E-state index contributed by atoms with van der Waals surface area (Å²) in [6.07, 6.45) is 6.39. The number of fused-ring (bicyclic) bond motifs is 3. The number of nitrogens with two attached hydrogens (primary N) is 1. The molecule has 18 heteroatoms. The Kier molecular flexibility index (Phi) is 14.9. The van der Waals surface area contributed by atoms with Crippen LogP contribution in [0, 0.1) is 39.5 Å². The van der Waals surface area contributed by atoms with Crippen molar-refractivity contribution in [1.29, 1.82) is 0 Å². The van der Waals surface area contributed by atoms with Crippen molar-refractivity contribution in [3.8, 4) is 21.2 Å². The van der Waals surface area contributed by atoms with Crippen molar-refractivity contribution in [2.75, 3.05) is 6.54 Å². The Bertz CT molecular complexity index is 3080. The second-order valence-corrected chi connectivity index (χ2v) is 22.0. The molecule has 5 atom stereocenters. The summed E-state index contributed by atoms with van der Waals surface area (Å²) in [6.45, 7) is 16.5. The van der Waals surface area contributed by atoms with E-state index in [1.54, 1.807) is 52.1 Å². The molecule has 2 aliphatic heterocycles. The number of nitrogens with one attached hydrogen (secondary N) is 2. The van der Waals surface area contributed by atoms with Gasteiger partial charge in [-0.1, -0.05) is 68.8 Å². The minimum absolute atomic E-state index is 0.0816. The van der Waals surface area contributed by atoms with Gasteiger partial charge in [-0.05, 0) is 87.8 Å². The summed E-state index contributed by atoms with van der Waals surface area (Å²) in [7, 11) is 0. The van der Waals surface area contributed by atoms with Gasteiger partial charge < -0.3 is 26.0 Å². The van der Waals surface area contributed by atoms with Gasteiger partial charge in [-0.3, -0.25) is 33.9 Å². The van der Waals surface area contributed by atoms with E-state index in [-0.39, 0.29) is 54.2 Å². The van der Waals surface area contributed by atoms with Crippen molar-refractivity contribution in [3.05, 3.63) is 134 Å². The summed E-state index contributed by atoms with van der Waals surface area (Å²) in [5.74, 6) is 1.39. The number of rotatable bonds is 15. The van der Waals surface area contributed by atoms with Gasteiger partial charge in [0.2, 0.25) is 17.7 Å². The van der Waals surface area contributed by atoms with Crippen LogP contribution in [0.25, 0.3) is 21.0 Å². The molecule has 0 spiro atoms. The van der Waals surface area contributed by atoms with Crippen molar-refractivity contribution in [1.82, 2.24) is 40.3 Å². The molecule has 1 aliphatic carbocycles. The molecule has 4 N–H and O–H groups in total. The van der Waals surface area contributed by atoms with Gasteiger partial charge in [-0.2, -0.15) is 0 Å². The van der Waals surface area contributed by atoms with Crippen LogP contribution in [0.2, 0.25) is 5.02 Å². The summed E-state index contributed by atoms with van der Waals surface area (Å²) < 4.78 is 8.41. The van der Waals surface area contributed by atoms with Gasteiger partial charge in [0.15, 0.2) is 5.82 Å². The molecule has 0 radical (unpaired) electrons. The maximum absolute atomic E-state index is 14.3. The molecule has 6 heterocycles. The Labute approximate surface area is 433 Å². The van der Waals surface area contributed by atoms with E-state index in [2.05, 4.69) is 63.7 Å². The highest BCUT2D eigenvalue weighted by molar-refractivity contribution is 7.15. The van der Waals surface area contributed by atoms with Crippen LogP contribution in [0.4, 0.5) is 0 Å². The molecule has 0 bridgehead atoms. The Balaban J connectivity index is 0.807. The summed E-state index contributed by atoms with van der Waals surface area (Å²) in [4.78, 5) is 64.9. The molecule has 9 rings (SSSR count). The number of halogens is 1. The number of likely N-dealkylation sites (tertiary alicyclic amines) is 1. The molecule has 3 aliphatic rings. The number of aliphatic imine (C=N–C) groups is 2. The van der Waals surface area contributed by atoms with Crippen LogP contribution >= 0.6 is 34.3 Å². The average Bonchev–Trinajstić information content (AvgIpc) is 4.12. The molecule has 6 aromatic rings. The average molecular weight is 1030 g/mol. The predicted octanol–water partition coefficient (Wildman–Crippen LogP) is 9.25. The molecular weight excluding hydrogens is 966 g/mol. The van der Waals surface area contributed by atoms with E-state index in [0.717, 1.165) is 54.9 Å². The van der Waals surface area contributed by atoms with Gasteiger partial charge >= 0.3 is 0 Å². The van der Waals surface area contributed by atoms with E-state index in [0.29, 0.717) is 53.7 Å². The third-order valence-electron chi connectivity index (χ3n) is 13.8. The maximum atomic E-state index is 14.3. The van der Waals surface area contributed by atoms with Crippen LogP contribution in [0.5, 0.6) is 5.75 Å². The molecule has 0 unspecified atom stereocenters. The summed E-state index contributed by atoms with van der Waals surface area (Å²) in [6, 6.07) is 17.1. The third kappa shape index (κ3) is 10.5. The SMILES string of the molecule is Cc1ncsc1-c1ccc([C@H](C)NC(=O)[C@@H]2C[C@@H](C)CN2C(=O)[C@@H](N=CC(=CN)c2cc(OC3CC(NC(=O)C[C@@H]4N=C(c5ccc(Cl)cc5)c5c(sc(C)c5C)-n5c(C)nnc54)C3)ccn2)C(C)C)cc1. The molecule has 3 amide bonds. The van der Waals surface area contributed by atoms with Crippen molar-refractivity contribution < 1.29 is 19.1 Å². The topological polar surface area (TPSA) is 195 Å². The van der Waals surface area contributed by atoms with Crippen LogP contribution in [0.15, 0.2) is 88.6 Å². The van der Waals surface area contributed by atoms with Gasteiger partial charge in [0, 0.05) is 76.7 Å². The van der Waals surface area contributed by atoms with E-state index < -0.39 is 18.1 Å². The Morgan fingerprint density at radius 2 is 1.71 bits per heavy atom. The number of allylic oxidation sites excluding steroid dienone is 1. The number of amides is 3. The van der Waals surface area contributed by atoms with Crippen LogP contribution in [0.3, 0.4) is 0 Å². The number of carbonyl (C=O) groups is 3. The van der Waals surface area contributed by atoms with Crippen LogP contribution < -0.4 is 21.1 Å². The molecule has 1 saturated carbocycles. The van der Waals surface area contributed by atoms with Gasteiger partial charge in [-0.25, -0.2) is 4.98 Å². The summed E-state index contributed by atoms with van der Waals surface area (Å²) in [5, 5.41) is 17.0. The van der Waals surface area contributed by atoms with Gasteiger partial charge in [0.1, 0.15) is 40.8 Å². The number of pyridine rings is 1. The van der Waals surface area contributed by atoms with Gasteiger partial charge in [0.25, 0.3) is 0 Å². The number of benzene rings is 2. The normalized spacial score (nSPS) is 20.6. The largest absolute Gasteiger partial charge is 0.490 e. The second-order valence-electron chi connectivity index (χ2n) is 19.5. The van der Waals surface area contributed by atoms with Crippen LogP contribution in [0.1, 0.15) is 116 Å². The number of hydrogen-bond acceptors (Lipinski definition) is 13. The number of nitrogens with zero attached hydrogens (tertiary/aromatic N) is 8. The molecule has 2 fully saturated rings. The number of aryl methyl sites for hydroxylation is 3. The highest BCUT2D eigenvalue weighted by Crippen LogP contribution is 2.40. The van der Waals surface area contributed by atoms with E-state index >= 15 is 0 Å². The minimum Gasteiger partial charge on any atom is -0.490 e. The Morgan fingerprint density at radius 3 is 2.40 bits per heavy atom. The van der Waals surface area contributed by atoms with E-state index in [1.807, 2.05) is 81.1 Å². The van der Waals surface area contributed by atoms with Crippen molar-refractivity contribution in [2.45, 2.75) is 117 Å². The Morgan fingerprint density at radius 1 is 0.972 bits per heavy atom. The van der Waals surface area contributed by atoms with E-state index in [1.165, 1.54) is 11.1 Å². The number of hydrogen-bond donors (Lipinski definition) is 3. The smallest absolute Gasteiger partial charge is 0.248 e. The molecule has 15 nitrogen and oxygen atoms in total. The first-order valence-electron chi connectivity index (χ1n) is 24.4. The first-order valence-corrected chi connectivity index (χ1v) is 26.5. The monoisotopic (exact) mass is 1030 g/mol. The quantitative estimate of drug-likeness (QED) is 0.0841. The standard InChI is InChI=1S/C54H60ClN11O4S2/c1-28(2)48(53(69)65-26-29(3)19-45(65)52(68)60-31(5)35-9-11-37(12-10-35)50-32(6)59-27-71-50)58-25-38(24-56)43-22-41(17-18-57-43)70-42-20-40(21-42)61-46(67)23-44-51-64-63-34(8)66(51)54-47(30(4)33(7)72-54)49(62-44)36-13-15-39(55)16-14-36/h9-18,22,24-25,27-29,31,40,42,44-45,48H,19-21,23,26,56H2,1-8H3,(H,60,68)(H,61,67)/t29-,31+,40?,42?,44+,45+,48+/m1/s1. The highest BCUT2D eigenvalue weighted by atomic mass is 35.5. The fourth-order valence-electron chi connectivity index (χ4n) is 9.69. The van der Waals surface area contributed by atoms with Crippen molar-refractivity contribution in [2.24, 2.45) is 27.6 Å². The number of ether oxygens (including phenoxy) is 1. The number of carbonyl (C=O) groups excluding carboxylic acids is 3. The molecule has 374 valence electrons. The van der Waals surface area contributed by atoms with Gasteiger partial charge in [0.05, 0.1) is 39.9 Å². The molecule has 4 aromatic heterocycles. The van der Waals surface area contributed by atoms with Crippen molar-refractivity contribution in [3.63, 3.8) is 0 Å². The lowest BCUT2D eigenvalue weighted by Crippen LogP contribution is -2.50. The fourth-order valence-corrected chi connectivity index (χ4v) is 11.8. The molecule has 72 heavy (non-hydrogen) atoms. The number of thiazole rings is 1. The summed E-state index contributed by atoms with van der Waals surface area (Å²) >= 11 is 9.56. The third-order valence-corrected chi connectivity index (χ3v) is 16.3. The summed E-state index contributed by atoms with van der Waals surface area (Å²) in [5.41, 5.74) is 15.9. The predicted molar refractivity (Wildman–Crippen MR) is 285 cm³/mol. The van der Waals surface area contributed by atoms with E-state index in [9.17, 15) is 14.4 Å². The second kappa shape index (κ2) is 21.3. The highest BCUT2D eigenvalue weighted by Gasteiger charge is 2.41. The zero-order valence-electron chi connectivity index (χ0n) is 41.7. The molecular formula is C54H60ClN11O4S2. The lowest BCUT2D eigenvalue weighted by atomic mass is 9.89. The van der Waals surface area contributed by atoms with Crippen LogP contribution in [-0.2, 0) is 14.4 Å². The number of aromatic nitrogens is 5. The first-order chi connectivity index (χ1) is 34.6. The first kappa shape index (κ1) is 50.4. The zero-order valence-corrected chi connectivity index (χ0v) is 44.1. The maximum Gasteiger partial charge on any atom is 0.248 e. The minimum atomic E-state index is -0.758. The lowest BCUT2D eigenvalue weighted by molar-refractivity contribution is -0.140. The van der Waals surface area contributed by atoms with E-state index in [4.69, 9.17) is 32.1 Å². The lowest BCUT2D eigenvalue weighted by Gasteiger charge is -2.36. The number of thiophene rings is 1. The Hall–Kier alpha value is -6.56. The molecule has 1 saturated heterocycles. The van der Waals surface area contributed by atoms with Crippen molar-refractivity contribution >= 4 is 69.5 Å². The molecule has 2 aromatic carbocycles.